The minimum atomic E-state index is -3.90. The average Bonchev–Trinajstić information content (AvgIpc) is 2.86. The summed E-state index contributed by atoms with van der Waals surface area (Å²) in [5.74, 6) is -0.00479. The molecule has 0 saturated carbocycles. The highest BCUT2D eigenvalue weighted by atomic mass is 32.3. The number of piperazine rings is 1. The molecule has 3 N–H and O–H groups in total. The van der Waals surface area contributed by atoms with E-state index in [4.69, 9.17) is 5.14 Å². The van der Waals surface area contributed by atoms with Gasteiger partial charge in [0, 0.05) is 24.2 Å². The summed E-state index contributed by atoms with van der Waals surface area (Å²) in [5.41, 5.74) is 0.537. The molecule has 2 aliphatic heterocycles. The van der Waals surface area contributed by atoms with E-state index in [9.17, 15) is 16.8 Å². The van der Waals surface area contributed by atoms with E-state index < -0.39 is 19.9 Å². The molecule has 0 radical (unpaired) electrons. The van der Waals surface area contributed by atoms with Gasteiger partial charge >= 0.3 is 0 Å². The first-order valence-electron chi connectivity index (χ1n) is 6.99. The first-order chi connectivity index (χ1) is 10.1. The molecular formula is C12H19N3O4S3. The van der Waals surface area contributed by atoms with Gasteiger partial charge in [0.05, 0.1) is 11.8 Å². The van der Waals surface area contributed by atoms with Crippen LogP contribution >= 0.6 is 11.3 Å². The number of likely N-dealkylation sites (N-methyl/N-ethyl adjacent to an activating group) is 1. The summed E-state index contributed by atoms with van der Waals surface area (Å²) in [7, 11) is -5.49. The Morgan fingerprint density at radius 1 is 1.50 bits per heavy atom. The van der Waals surface area contributed by atoms with Gasteiger partial charge in [-0.1, -0.05) is 6.92 Å². The lowest BCUT2D eigenvalue weighted by Crippen LogP contribution is -2.59. The second kappa shape index (κ2) is 5.25. The molecule has 1 fully saturated rings. The summed E-state index contributed by atoms with van der Waals surface area (Å²) >= 11 is 0.756. The number of hydrogen-bond donors (Lipinski definition) is 2. The van der Waals surface area contributed by atoms with Crippen molar-refractivity contribution in [2.75, 3.05) is 19.3 Å². The maximum Gasteiger partial charge on any atom is 0.247 e. The number of primary sulfonamides is 1. The van der Waals surface area contributed by atoms with Crippen LogP contribution < -0.4 is 10.5 Å². The summed E-state index contributed by atoms with van der Waals surface area (Å²) in [5, 5.41) is 8.62. The normalized spacial score (nSPS) is 31.5. The highest BCUT2D eigenvalue weighted by Gasteiger charge is 2.45. The molecule has 0 unspecified atom stereocenters. The second-order valence-electron chi connectivity index (χ2n) is 5.89. The van der Waals surface area contributed by atoms with E-state index >= 15 is 0 Å². The topological polar surface area (TPSA) is 110 Å². The molecule has 124 valence electrons. The van der Waals surface area contributed by atoms with Crippen molar-refractivity contribution in [1.82, 2.24) is 10.2 Å². The number of fused-ring (bicyclic) bond motifs is 3. The van der Waals surface area contributed by atoms with Crippen molar-refractivity contribution in [2.45, 2.75) is 39.9 Å². The minimum Gasteiger partial charge on any atom is -0.304 e. The minimum absolute atomic E-state index is 0.00479. The number of nitrogens with two attached hydrogens (primary N) is 1. The number of nitrogens with zero attached hydrogens (tertiary/aromatic N) is 1. The third-order valence-corrected chi connectivity index (χ3v) is 9.32. The number of nitrogens with one attached hydrogen (secondary N) is 1. The van der Waals surface area contributed by atoms with E-state index in [2.05, 4.69) is 12.2 Å². The predicted molar refractivity (Wildman–Crippen MR) is 84.1 cm³/mol. The van der Waals surface area contributed by atoms with E-state index in [-0.39, 0.29) is 32.3 Å². The number of thiophene rings is 1. The molecule has 1 saturated heterocycles. The lowest BCUT2D eigenvalue weighted by atomic mass is 9.96. The van der Waals surface area contributed by atoms with Gasteiger partial charge in [-0.2, -0.15) is 0 Å². The molecule has 0 bridgehead atoms. The van der Waals surface area contributed by atoms with Gasteiger partial charge in [0.15, 0.2) is 9.84 Å². The zero-order valence-corrected chi connectivity index (χ0v) is 14.8. The van der Waals surface area contributed by atoms with Crippen LogP contribution in [0.5, 0.6) is 0 Å². The Labute approximate surface area is 134 Å². The molecule has 3 rings (SSSR count). The Kier molecular flexibility index (Phi) is 3.90. The van der Waals surface area contributed by atoms with Crippen LogP contribution in [0.1, 0.15) is 24.9 Å². The van der Waals surface area contributed by atoms with Crippen LogP contribution in [-0.2, 0) is 19.9 Å². The summed E-state index contributed by atoms with van der Waals surface area (Å²) in [6.07, 6.45) is 0.918. The van der Waals surface area contributed by atoms with Gasteiger partial charge in [-0.3, -0.25) is 4.90 Å². The highest BCUT2D eigenvalue weighted by molar-refractivity contribution is 7.95. The van der Waals surface area contributed by atoms with Crippen molar-refractivity contribution in [1.29, 1.82) is 0 Å². The van der Waals surface area contributed by atoms with Crippen molar-refractivity contribution >= 4 is 31.2 Å². The Morgan fingerprint density at radius 2 is 2.18 bits per heavy atom. The molecule has 1 aromatic rings. The maximum absolute atomic E-state index is 12.5. The van der Waals surface area contributed by atoms with Crippen LogP contribution in [0.3, 0.4) is 0 Å². The Bertz CT molecular complexity index is 800. The van der Waals surface area contributed by atoms with Gasteiger partial charge in [-0.25, -0.2) is 22.0 Å². The largest absolute Gasteiger partial charge is 0.304 e. The lowest BCUT2D eigenvalue weighted by Gasteiger charge is -2.45. The molecule has 0 amide bonds. The molecule has 3 atom stereocenters. The number of sulfonamides is 1. The SMILES string of the molecule is CC[C@H]1CN(C)[C@H]2CS(=O)(=O)c3sc(S(N)(=O)=O)cc3[C@H]2N1. The average molecular weight is 366 g/mol. The van der Waals surface area contributed by atoms with Crippen molar-refractivity contribution in [2.24, 2.45) is 5.14 Å². The van der Waals surface area contributed by atoms with E-state index in [1.807, 2.05) is 11.9 Å². The molecular weight excluding hydrogens is 346 g/mol. The molecule has 3 heterocycles. The fourth-order valence-electron chi connectivity index (χ4n) is 3.19. The standard InChI is InChI=1S/C12H19N3O4S3/c1-3-7-5-15(2)9-6-21(16,17)12-8(11(9)14-7)4-10(20-12)22(13,18)19/h4,7,9,11,14H,3,5-6H2,1-2H3,(H2,13,18,19)/t7-,9-,11+/m0/s1. The van der Waals surface area contributed by atoms with Gasteiger partial charge < -0.3 is 5.32 Å². The zero-order chi connectivity index (χ0) is 16.3. The molecule has 0 aromatic carbocycles. The predicted octanol–water partition coefficient (Wildman–Crippen LogP) is -0.0939. The second-order valence-corrected chi connectivity index (χ2v) is 11.0. The number of sulfone groups is 1. The smallest absolute Gasteiger partial charge is 0.247 e. The molecule has 10 heteroatoms. The highest BCUT2D eigenvalue weighted by Crippen LogP contribution is 2.42. The van der Waals surface area contributed by atoms with Crippen LogP contribution in [0.15, 0.2) is 14.5 Å². The monoisotopic (exact) mass is 365 g/mol. The van der Waals surface area contributed by atoms with Crippen molar-refractivity contribution in [3.63, 3.8) is 0 Å². The third-order valence-electron chi connectivity index (χ3n) is 4.36. The molecule has 0 spiro atoms. The van der Waals surface area contributed by atoms with Gasteiger partial charge in [0.1, 0.15) is 8.42 Å². The van der Waals surface area contributed by atoms with Crippen LogP contribution in [0, 0.1) is 0 Å². The van der Waals surface area contributed by atoms with Gasteiger partial charge in [-0.15, -0.1) is 11.3 Å². The van der Waals surface area contributed by atoms with Gasteiger partial charge in [0.25, 0.3) is 0 Å². The van der Waals surface area contributed by atoms with E-state index in [0.717, 1.165) is 24.3 Å². The molecule has 22 heavy (non-hydrogen) atoms. The van der Waals surface area contributed by atoms with Crippen LogP contribution in [0.25, 0.3) is 0 Å². The van der Waals surface area contributed by atoms with Gasteiger partial charge in [-0.05, 0) is 19.5 Å². The molecule has 2 aliphatic rings. The number of hydrogen-bond acceptors (Lipinski definition) is 7. The van der Waals surface area contributed by atoms with E-state index in [0.29, 0.717) is 5.56 Å². The Balaban J connectivity index is 2.15. The summed E-state index contributed by atoms with van der Waals surface area (Å²) < 4.78 is 48.2. The first-order valence-corrected chi connectivity index (χ1v) is 11.0. The van der Waals surface area contributed by atoms with Crippen LogP contribution in [0.4, 0.5) is 0 Å². The fourth-order valence-corrected chi connectivity index (χ4v) is 7.60. The first kappa shape index (κ1) is 16.3. The molecule has 1 aromatic heterocycles. The Morgan fingerprint density at radius 3 is 2.77 bits per heavy atom. The maximum atomic E-state index is 12.5. The van der Waals surface area contributed by atoms with Crippen molar-refractivity contribution in [3.8, 4) is 0 Å². The molecule has 0 aliphatic carbocycles. The van der Waals surface area contributed by atoms with E-state index in [1.54, 1.807) is 0 Å². The zero-order valence-electron chi connectivity index (χ0n) is 12.3. The van der Waals surface area contributed by atoms with Crippen LogP contribution in [-0.4, -0.2) is 53.2 Å². The van der Waals surface area contributed by atoms with E-state index in [1.165, 1.54) is 6.07 Å². The summed E-state index contributed by atoms with van der Waals surface area (Å²) in [6, 6.07) is 1.29. The quantitative estimate of drug-likeness (QED) is 0.758. The Hall–Kier alpha value is -0.520. The summed E-state index contributed by atoms with van der Waals surface area (Å²) in [6.45, 7) is 2.84. The lowest BCUT2D eigenvalue weighted by molar-refractivity contribution is 0.124. The number of rotatable bonds is 2. The van der Waals surface area contributed by atoms with Gasteiger partial charge in [0.2, 0.25) is 10.0 Å². The van der Waals surface area contributed by atoms with Crippen molar-refractivity contribution in [3.05, 3.63) is 11.6 Å². The fraction of sp³-hybridized carbons (Fsp3) is 0.667. The summed E-state index contributed by atoms with van der Waals surface area (Å²) in [4.78, 5) is 2.05. The molecule has 7 nitrogen and oxygen atoms in total. The van der Waals surface area contributed by atoms with Crippen LogP contribution in [0.2, 0.25) is 0 Å². The third kappa shape index (κ3) is 2.61. The van der Waals surface area contributed by atoms with Crippen molar-refractivity contribution < 1.29 is 16.8 Å².